The van der Waals surface area contributed by atoms with Crippen LogP contribution in [0.2, 0.25) is 0 Å². The van der Waals surface area contributed by atoms with Gasteiger partial charge in [0.25, 0.3) is 0 Å². The zero-order valence-electron chi connectivity index (χ0n) is 12.6. The van der Waals surface area contributed by atoms with Crippen molar-refractivity contribution in [2.75, 3.05) is 12.8 Å². The Morgan fingerprint density at radius 2 is 1.95 bits per heavy atom. The maximum atomic E-state index is 4.67. The minimum Gasteiger partial charge on any atom is -0.310 e. The highest BCUT2D eigenvalue weighted by Crippen LogP contribution is 2.25. The van der Waals surface area contributed by atoms with Gasteiger partial charge in [0.1, 0.15) is 0 Å². The molecule has 0 saturated heterocycles. The van der Waals surface area contributed by atoms with Crippen LogP contribution in [0.4, 0.5) is 0 Å². The van der Waals surface area contributed by atoms with Gasteiger partial charge in [0.15, 0.2) is 0 Å². The molecule has 108 valence electrons. The fraction of sp³-hybridized carbons (Fsp3) is 0.438. The maximum absolute atomic E-state index is 4.67. The fourth-order valence-corrected chi connectivity index (χ4v) is 3.58. The molecule has 0 amide bonds. The van der Waals surface area contributed by atoms with Gasteiger partial charge in [0.2, 0.25) is 0 Å². The van der Waals surface area contributed by atoms with E-state index in [-0.39, 0.29) is 0 Å². The molecule has 1 heterocycles. The number of thioether (sulfide) groups is 1. The van der Waals surface area contributed by atoms with E-state index < -0.39 is 0 Å². The van der Waals surface area contributed by atoms with E-state index in [0.29, 0.717) is 6.04 Å². The second-order valence-electron chi connectivity index (χ2n) is 4.84. The Labute approximate surface area is 130 Å². The Bertz CT molecular complexity index is 527. The van der Waals surface area contributed by atoms with Gasteiger partial charge in [0.05, 0.1) is 10.7 Å². The molecule has 0 spiro atoms. The van der Waals surface area contributed by atoms with E-state index in [1.807, 2.05) is 11.3 Å². The van der Waals surface area contributed by atoms with Gasteiger partial charge in [-0.2, -0.15) is 0 Å². The number of benzene rings is 1. The van der Waals surface area contributed by atoms with Crippen LogP contribution in [0.5, 0.6) is 0 Å². The summed E-state index contributed by atoms with van der Waals surface area (Å²) in [4.78, 5) is 7.30. The van der Waals surface area contributed by atoms with E-state index in [0.717, 1.165) is 18.7 Å². The van der Waals surface area contributed by atoms with Crippen LogP contribution in [0.15, 0.2) is 29.2 Å². The molecule has 1 atom stereocenters. The van der Waals surface area contributed by atoms with Gasteiger partial charge >= 0.3 is 0 Å². The van der Waals surface area contributed by atoms with Gasteiger partial charge in [-0.3, -0.25) is 0 Å². The van der Waals surface area contributed by atoms with Crippen molar-refractivity contribution in [1.29, 1.82) is 0 Å². The average Bonchev–Trinajstić information content (AvgIpc) is 2.77. The zero-order valence-corrected chi connectivity index (χ0v) is 14.2. The number of likely N-dealkylation sites (N-methyl/N-ethyl adjacent to an activating group) is 1. The molecule has 0 saturated carbocycles. The van der Waals surface area contributed by atoms with Gasteiger partial charge in [-0.15, -0.1) is 23.1 Å². The van der Waals surface area contributed by atoms with Crippen molar-refractivity contribution < 1.29 is 0 Å². The summed E-state index contributed by atoms with van der Waals surface area (Å²) < 4.78 is 0. The fourth-order valence-electron chi connectivity index (χ4n) is 2.19. The third-order valence-corrected chi connectivity index (χ3v) is 5.26. The molecule has 4 heteroatoms. The molecule has 0 fully saturated rings. The first-order chi connectivity index (χ1) is 9.63. The van der Waals surface area contributed by atoms with Crippen molar-refractivity contribution >= 4 is 23.1 Å². The van der Waals surface area contributed by atoms with E-state index in [9.17, 15) is 0 Å². The summed E-state index contributed by atoms with van der Waals surface area (Å²) in [7, 11) is 0. The third-order valence-electron chi connectivity index (χ3n) is 3.42. The molecular weight excluding hydrogens is 284 g/mol. The largest absolute Gasteiger partial charge is 0.310 e. The van der Waals surface area contributed by atoms with E-state index in [1.54, 1.807) is 11.8 Å². The summed E-state index contributed by atoms with van der Waals surface area (Å²) >= 11 is 3.60. The number of rotatable bonds is 6. The van der Waals surface area contributed by atoms with E-state index in [1.165, 1.54) is 20.3 Å². The molecule has 1 unspecified atom stereocenters. The lowest BCUT2D eigenvalue weighted by atomic mass is 10.0. The minimum absolute atomic E-state index is 0.348. The quantitative estimate of drug-likeness (QED) is 0.802. The van der Waals surface area contributed by atoms with E-state index in [2.05, 4.69) is 61.6 Å². The van der Waals surface area contributed by atoms with Crippen LogP contribution >= 0.6 is 23.1 Å². The summed E-state index contributed by atoms with van der Waals surface area (Å²) in [6.45, 7) is 7.36. The minimum atomic E-state index is 0.348. The Balaban J connectivity index is 2.16. The Kier molecular flexibility index (Phi) is 5.64. The van der Waals surface area contributed by atoms with Gasteiger partial charge < -0.3 is 5.32 Å². The molecule has 0 aliphatic carbocycles. The second kappa shape index (κ2) is 7.25. The van der Waals surface area contributed by atoms with Crippen LogP contribution < -0.4 is 5.32 Å². The molecule has 2 aromatic rings. The molecule has 1 aromatic heterocycles. The number of hydrogen-bond donors (Lipinski definition) is 1. The molecule has 0 aliphatic heterocycles. The molecule has 2 rings (SSSR count). The SMILES string of the molecule is CCNC(Cc1nc(C)c(C)s1)c1ccc(SC)cc1. The highest BCUT2D eigenvalue weighted by Gasteiger charge is 2.14. The predicted molar refractivity (Wildman–Crippen MR) is 89.9 cm³/mol. The van der Waals surface area contributed by atoms with Crippen molar-refractivity contribution in [3.63, 3.8) is 0 Å². The molecule has 0 bridgehead atoms. The second-order valence-corrected chi connectivity index (χ2v) is 7.00. The monoisotopic (exact) mass is 306 g/mol. The van der Waals surface area contributed by atoms with Crippen molar-refractivity contribution in [2.24, 2.45) is 0 Å². The topological polar surface area (TPSA) is 24.9 Å². The normalized spacial score (nSPS) is 12.6. The first kappa shape index (κ1) is 15.5. The van der Waals surface area contributed by atoms with Crippen molar-refractivity contribution in [3.05, 3.63) is 45.4 Å². The summed E-state index contributed by atoms with van der Waals surface area (Å²) in [5.74, 6) is 0. The first-order valence-corrected chi connectivity index (χ1v) is 8.98. The highest BCUT2D eigenvalue weighted by atomic mass is 32.2. The van der Waals surface area contributed by atoms with Gasteiger partial charge in [-0.25, -0.2) is 4.98 Å². The number of hydrogen-bond acceptors (Lipinski definition) is 4. The van der Waals surface area contributed by atoms with Crippen LogP contribution in [0.25, 0.3) is 0 Å². The van der Waals surface area contributed by atoms with Crippen LogP contribution in [-0.4, -0.2) is 17.8 Å². The first-order valence-electron chi connectivity index (χ1n) is 6.94. The van der Waals surface area contributed by atoms with Crippen LogP contribution in [0, 0.1) is 13.8 Å². The highest BCUT2D eigenvalue weighted by molar-refractivity contribution is 7.98. The summed E-state index contributed by atoms with van der Waals surface area (Å²) in [6, 6.07) is 9.20. The van der Waals surface area contributed by atoms with Gasteiger partial charge in [0, 0.05) is 22.2 Å². The van der Waals surface area contributed by atoms with E-state index >= 15 is 0 Å². The number of aromatic nitrogens is 1. The van der Waals surface area contributed by atoms with Crippen LogP contribution in [0.1, 0.15) is 34.1 Å². The third kappa shape index (κ3) is 3.84. The lowest BCUT2D eigenvalue weighted by Gasteiger charge is -2.17. The molecular formula is C16H22N2S2. The standard InChI is InChI=1S/C16H22N2S2/c1-5-17-15(10-16-18-11(2)12(3)20-16)13-6-8-14(19-4)9-7-13/h6-9,15,17H,5,10H2,1-4H3. The molecule has 1 aromatic carbocycles. The molecule has 0 aliphatic rings. The van der Waals surface area contributed by atoms with Crippen molar-refractivity contribution in [1.82, 2.24) is 10.3 Å². The molecule has 20 heavy (non-hydrogen) atoms. The van der Waals surface area contributed by atoms with E-state index in [4.69, 9.17) is 0 Å². The Hall–Kier alpha value is -0.840. The lowest BCUT2D eigenvalue weighted by molar-refractivity contribution is 0.548. The van der Waals surface area contributed by atoms with Crippen LogP contribution in [-0.2, 0) is 6.42 Å². The van der Waals surface area contributed by atoms with Gasteiger partial charge in [-0.05, 0) is 44.3 Å². The average molecular weight is 307 g/mol. The molecule has 0 radical (unpaired) electrons. The summed E-state index contributed by atoms with van der Waals surface area (Å²) in [5.41, 5.74) is 2.51. The van der Waals surface area contributed by atoms with Crippen molar-refractivity contribution in [3.8, 4) is 0 Å². The van der Waals surface area contributed by atoms with Crippen LogP contribution in [0.3, 0.4) is 0 Å². The smallest absolute Gasteiger partial charge is 0.0949 e. The maximum Gasteiger partial charge on any atom is 0.0949 e. The number of nitrogens with one attached hydrogen (secondary N) is 1. The lowest BCUT2D eigenvalue weighted by Crippen LogP contribution is -2.22. The molecule has 1 N–H and O–H groups in total. The molecule has 2 nitrogen and oxygen atoms in total. The Morgan fingerprint density at radius 1 is 1.25 bits per heavy atom. The number of nitrogens with zero attached hydrogens (tertiary/aromatic N) is 1. The Morgan fingerprint density at radius 3 is 2.45 bits per heavy atom. The number of aryl methyl sites for hydroxylation is 2. The zero-order chi connectivity index (χ0) is 14.5. The van der Waals surface area contributed by atoms with Crippen molar-refractivity contribution in [2.45, 2.75) is 38.1 Å². The van der Waals surface area contributed by atoms with Gasteiger partial charge in [-0.1, -0.05) is 19.1 Å². The predicted octanol–water partition coefficient (Wildman–Crippen LogP) is 4.38. The summed E-state index contributed by atoms with van der Waals surface area (Å²) in [5, 5.41) is 4.80. The number of thiazole rings is 1. The summed E-state index contributed by atoms with van der Waals surface area (Å²) in [6.07, 6.45) is 3.07.